The molecule has 11 nitrogen and oxygen atoms in total. The second kappa shape index (κ2) is 22.8. The largest absolute Gasteiger partial charge is 0.489 e. The zero-order valence-corrected chi connectivity index (χ0v) is 30.8. The van der Waals surface area contributed by atoms with E-state index in [1.165, 1.54) is 6.08 Å². The van der Waals surface area contributed by atoms with Crippen LogP contribution in [0.2, 0.25) is 0 Å². The van der Waals surface area contributed by atoms with Gasteiger partial charge in [-0.3, -0.25) is 9.59 Å². The first-order chi connectivity index (χ1) is 26.8. The Morgan fingerprint density at radius 3 is 1.91 bits per heavy atom. The van der Waals surface area contributed by atoms with E-state index >= 15 is 0 Å². The van der Waals surface area contributed by atoms with Crippen molar-refractivity contribution < 1.29 is 38.5 Å². The molecule has 4 aromatic carbocycles. The zero-order valence-electron chi connectivity index (χ0n) is 30.8. The predicted molar refractivity (Wildman–Crippen MR) is 210 cm³/mol. The number of esters is 1. The van der Waals surface area contributed by atoms with Crippen LogP contribution in [0, 0.1) is 5.92 Å². The van der Waals surface area contributed by atoms with Crippen molar-refractivity contribution in [3.05, 3.63) is 163 Å². The molecule has 0 aliphatic rings. The van der Waals surface area contributed by atoms with E-state index < -0.39 is 48.0 Å². The molecule has 288 valence electrons. The number of hydrogen-bond donors (Lipinski definition) is 4. The van der Waals surface area contributed by atoms with Crippen LogP contribution < -0.4 is 20.7 Å². The molecule has 0 aliphatic carbocycles. The van der Waals surface area contributed by atoms with Gasteiger partial charge in [-0.05, 0) is 53.6 Å². The van der Waals surface area contributed by atoms with Crippen molar-refractivity contribution in [2.75, 3.05) is 13.2 Å². The van der Waals surface area contributed by atoms with Crippen LogP contribution in [0.1, 0.15) is 47.6 Å². The average molecular weight is 748 g/mol. The summed E-state index contributed by atoms with van der Waals surface area (Å²) in [5, 5.41) is 18.3. The van der Waals surface area contributed by atoms with E-state index in [0.29, 0.717) is 24.3 Å². The molecular weight excluding hydrogens is 698 g/mol. The minimum absolute atomic E-state index is 0.0191. The Balaban J connectivity index is 1.31. The number of aliphatic hydroxyl groups excluding tert-OH is 1. The van der Waals surface area contributed by atoms with Gasteiger partial charge in [0.2, 0.25) is 11.8 Å². The van der Waals surface area contributed by atoms with Crippen LogP contribution in [0.4, 0.5) is 4.79 Å². The minimum atomic E-state index is -1.09. The maximum Gasteiger partial charge on any atom is 0.408 e. The number of allylic oxidation sites excluding steroid dienone is 1. The Bertz CT molecular complexity index is 1800. The van der Waals surface area contributed by atoms with Gasteiger partial charge in [0.05, 0.1) is 25.1 Å². The molecule has 0 heterocycles. The van der Waals surface area contributed by atoms with Crippen LogP contribution in [0.3, 0.4) is 0 Å². The fourth-order valence-corrected chi connectivity index (χ4v) is 5.65. The maximum atomic E-state index is 13.5. The lowest BCUT2D eigenvalue weighted by molar-refractivity contribution is -0.152. The third-order valence-electron chi connectivity index (χ3n) is 8.58. The van der Waals surface area contributed by atoms with Gasteiger partial charge >= 0.3 is 12.1 Å². The molecule has 0 bridgehead atoms. The lowest BCUT2D eigenvalue weighted by Crippen LogP contribution is -2.44. The molecule has 0 unspecified atom stereocenters. The molecule has 3 amide bonds. The third-order valence-corrected chi connectivity index (χ3v) is 8.58. The van der Waals surface area contributed by atoms with Gasteiger partial charge in [-0.1, -0.05) is 115 Å². The third kappa shape index (κ3) is 14.6. The molecule has 0 saturated heterocycles. The molecule has 0 aliphatic heterocycles. The van der Waals surface area contributed by atoms with E-state index in [1.54, 1.807) is 36.4 Å². The molecule has 11 heteroatoms. The van der Waals surface area contributed by atoms with E-state index in [0.717, 1.165) is 16.7 Å². The fourth-order valence-electron chi connectivity index (χ4n) is 5.65. The number of hydrogen-bond acceptors (Lipinski definition) is 8. The first kappa shape index (κ1) is 41.6. The predicted octanol–water partition coefficient (Wildman–Crippen LogP) is 6.14. The summed E-state index contributed by atoms with van der Waals surface area (Å²) in [5.74, 6) is -1.67. The number of amides is 3. The van der Waals surface area contributed by atoms with E-state index in [2.05, 4.69) is 29.1 Å². The van der Waals surface area contributed by atoms with Gasteiger partial charge in [0.15, 0.2) is 0 Å². The van der Waals surface area contributed by atoms with Crippen molar-refractivity contribution in [1.29, 1.82) is 0 Å². The summed E-state index contributed by atoms with van der Waals surface area (Å²) in [5.41, 5.74) is 3.34. The lowest BCUT2D eigenvalue weighted by Gasteiger charge is -2.24. The number of alkyl carbamates (subject to hydrolysis) is 1. The fraction of sp³-hybridized carbons (Fsp3) is 0.273. The molecule has 4 aromatic rings. The summed E-state index contributed by atoms with van der Waals surface area (Å²) < 4.78 is 17.0. The molecular formula is C44H49N3O8. The first-order valence-corrected chi connectivity index (χ1v) is 18.2. The number of ether oxygens (including phenoxy) is 3. The van der Waals surface area contributed by atoms with Crippen molar-refractivity contribution in [2.45, 2.75) is 57.1 Å². The highest BCUT2D eigenvalue weighted by atomic mass is 16.6. The van der Waals surface area contributed by atoms with Crippen molar-refractivity contribution in [3.8, 4) is 5.75 Å². The lowest BCUT2D eigenvalue weighted by atomic mass is 9.98. The quantitative estimate of drug-likeness (QED) is 0.0553. The molecule has 0 saturated carbocycles. The van der Waals surface area contributed by atoms with Crippen LogP contribution in [0.15, 0.2) is 141 Å². The van der Waals surface area contributed by atoms with Gasteiger partial charge in [-0.15, -0.1) is 13.2 Å². The Morgan fingerprint density at radius 2 is 1.31 bits per heavy atom. The second-order valence-electron chi connectivity index (χ2n) is 12.9. The van der Waals surface area contributed by atoms with Crippen molar-refractivity contribution in [3.63, 3.8) is 0 Å². The summed E-state index contributed by atoms with van der Waals surface area (Å²) >= 11 is 0. The topological polar surface area (TPSA) is 152 Å². The van der Waals surface area contributed by atoms with Crippen LogP contribution >= 0.6 is 0 Å². The molecule has 4 N–H and O–H groups in total. The number of aliphatic hydroxyl groups is 1. The van der Waals surface area contributed by atoms with Gasteiger partial charge in [0.1, 0.15) is 31.1 Å². The Morgan fingerprint density at radius 1 is 0.709 bits per heavy atom. The normalized spacial score (nSPS) is 12.8. The highest BCUT2D eigenvalue weighted by Crippen LogP contribution is 2.20. The Labute approximate surface area is 322 Å². The molecule has 0 radical (unpaired) electrons. The summed E-state index contributed by atoms with van der Waals surface area (Å²) in [6, 6.07) is 33.6. The van der Waals surface area contributed by atoms with Crippen molar-refractivity contribution in [2.24, 2.45) is 5.92 Å². The number of carbonyl (C=O) groups is 4. The average Bonchev–Trinajstić information content (AvgIpc) is 3.21. The molecule has 0 fully saturated rings. The molecule has 55 heavy (non-hydrogen) atoms. The van der Waals surface area contributed by atoms with Crippen LogP contribution in [-0.2, 0) is 43.5 Å². The molecule has 0 aromatic heterocycles. The maximum absolute atomic E-state index is 13.5. The van der Waals surface area contributed by atoms with Gasteiger partial charge in [0.25, 0.3) is 0 Å². The number of nitrogens with one attached hydrogen (secondary N) is 3. The molecule has 4 rings (SSSR count). The Kier molecular flexibility index (Phi) is 17.2. The summed E-state index contributed by atoms with van der Waals surface area (Å²) in [6.45, 7) is 7.49. The van der Waals surface area contributed by atoms with E-state index in [-0.39, 0.29) is 39.0 Å². The van der Waals surface area contributed by atoms with E-state index in [4.69, 9.17) is 14.2 Å². The number of benzene rings is 4. The summed E-state index contributed by atoms with van der Waals surface area (Å²) in [4.78, 5) is 52.5. The smallest absolute Gasteiger partial charge is 0.408 e. The Hall–Kier alpha value is -6.20. The molecule has 4 atom stereocenters. The van der Waals surface area contributed by atoms with E-state index in [9.17, 15) is 24.3 Å². The van der Waals surface area contributed by atoms with E-state index in [1.807, 2.05) is 84.9 Å². The van der Waals surface area contributed by atoms with Gasteiger partial charge < -0.3 is 35.3 Å². The van der Waals surface area contributed by atoms with Crippen molar-refractivity contribution in [1.82, 2.24) is 16.0 Å². The molecule has 0 spiro atoms. The van der Waals surface area contributed by atoms with Crippen LogP contribution in [0.25, 0.3) is 0 Å². The van der Waals surface area contributed by atoms with Gasteiger partial charge in [0, 0.05) is 6.42 Å². The highest BCUT2D eigenvalue weighted by Gasteiger charge is 2.28. The SMILES string of the molecule is C=CC[C@@H](CC(=O)N[C@H](CO)Cc1ccc(OCc2ccccc2)cc1)C(=O)NC[C@H](OC(=O)[C@@H](CC=C)NC(=O)OCc1ccccc1)c1ccccc1. The zero-order chi connectivity index (χ0) is 39.3. The monoisotopic (exact) mass is 747 g/mol. The summed E-state index contributed by atoms with van der Waals surface area (Å²) in [6.07, 6.45) is 1.82. The van der Waals surface area contributed by atoms with Gasteiger partial charge in [-0.2, -0.15) is 0 Å². The van der Waals surface area contributed by atoms with Crippen LogP contribution in [0.5, 0.6) is 5.75 Å². The summed E-state index contributed by atoms with van der Waals surface area (Å²) in [7, 11) is 0. The van der Waals surface area contributed by atoms with Crippen molar-refractivity contribution >= 4 is 23.9 Å². The second-order valence-corrected chi connectivity index (χ2v) is 12.9. The number of rotatable bonds is 22. The van der Waals surface area contributed by atoms with Crippen LogP contribution in [-0.4, -0.2) is 54.2 Å². The minimum Gasteiger partial charge on any atom is -0.489 e. The van der Waals surface area contributed by atoms with Gasteiger partial charge in [-0.25, -0.2) is 9.59 Å². The standard InChI is InChI=1S/C44H49N3O8/c1-3-14-36(27-41(49)46-37(29-48)26-32-22-24-38(25-23-32)53-30-33-16-8-5-9-17-33)42(50)45-28-40(35-20-12-7-13-21-35)55-43(51)39(15-4-2)47-44(52)54-31-34-18-10-6-11-19-34/h3-13,16-25,36-37,39-40,48H,1-2,14-15,26-31H2,(H,45,50)(H,46,49)(H,47,52)/t36-,37-,39+,40-/m0/s1. The highest BCUT2D eigenvalue weighted by molar-refractivity contribution is 5.86. The number of carbonyl (C=O) groups excluding carboxylic acids is 4. The first-order valence-electron chi connectivity index (χ1n) is 18.2.